The molecule has 1 N–H and O–H groups in total. The van der Waals surface area contributed by atoms with Crippen molar-refractivity contribution in [3.05, 3.63) is 41.5 Å². The first-order chi connectivity index (χ1) is 21.7. The minimum atomic E-state index is -0.784. The third-order valence-corrected chi connectivity index (χ3v) is 7.49. The van der Waals surface area contributed by atoms with Crippen LogP contribution in [0.5, 0.6) is 34.5 Å². The van der Waals surface area contributed by atoms with Crippen molar-refractivity contribution in [1.29, 1.82) is 0 Å². The van der Waals surface area contributed by atoms with Gasteiger partial charge in [-0.05, 0) is 48.2 Å². The Morgan fingerprint density at radius 3 is 2.22 bits per heavy atom. The second-order valence-electron chi connectivity index (χ2n) is 11.2. The number of nitrogens with zero attached hydrogens (tertiary/aromatic N) is 2. The van der Waals surface area contributed by atoms with Crippen LogP contribution < -0.4 is 28.4 Å². The highest BCUT2D eigenvalue weighted by Crippen LogP contribution is 2.42. The van der Waals surface area contributed by atoms with E-state index in [2.05, 4.69) is 18.7 Å². The van der Waals surface area contributed by atoms with Crippen LogP contribution in [0.25, 0.3) is 6.08 Å². The van der Waals surface area contributed by atoms with Crippen LogP contribution in [0.3, 0.4) is 0 Å². The topological polar surface area (TPSA) is 125 Å². The van der Waals surface area contributed by atoms with Crippen molar-refractivity contribution in [2.75, 3.05) is 80.5 Å². The number of benzene rings is 2. The Morgan fingerprint density at radius 1 is 0.933 bits per heavy atom. The van der Waals surface area contributed by atoms with Crippen LogP contribution in [0.1, 0.15) is 36.2 Å². The largest absolute Gasteiger partial charge is 0.493 e. The molecule has 0 aromatic heterocycles. The smallest absolute Gasteiger partial charge is 0.342 e. The molecule has 4 rings (SSSR count). The number of rotatable bonds is 14. The van der Waals surface area contributed by atoms with E-state index in [1.54, 1.807) is 49.5 Å². The molecule has 2 aliphatic heterocycles. The second kappa shape index (κ2) is 16.2. The van der Waals surface area contributed by atoms with Gasteiger partial charge in [0, 0.05) is 38.8 Å². The number of esters is 1. The van der Waals surface area contributed by atoms with E-state index in [0.717, 1.165) is 12.0 Å². The Bertz CT molecular complexity index is 1310. The summed E-state index contributed by atoms with van der Waals surface area (Å²) in [4.78, 5) is 29.4. The summed E-state index contributed by atoms with van der Waals surface area (Å²) >= 11 is 0. The number of amides is 1. The number of methoxy groups -OCH3 is 3. The van der Waals surface area contributed by atoms with Crippen molar-refractivity contribution in [2.24, 2.45) is 5.92 Å². The number of carbonyl (C=O) groups excluding carboxylic acids is 2. The molecule has 0 spiro atoms. The molecule has 2 aromatic carbocycles. The molecule has 0 bridgehead atoms. The van der Waals surface area contributed by atoms with Crippen LogP contribution >= 0.6 is 0 Å². The molecular formula is C33H44N2O10. The van der Waals surface area contributed by atoms with Gasteiger partial charge in [0.15, 0.2) is 23.0 Å². The Labute approximate surface area is 264 Å². The fourth-order valence-corrected chi connectivity index (χ4v) is 5.01. The molecule has 2 aromatic rings. The lowest BCUT2D eigenvalue weighted by atomic mass is 10.1. The molecule has 12 nitrogen and oxygen atoms in total. The van der Waals surface area contributed by atoms with Crippen molar-refractivity contribution < 1.29 is 47.9 Å². The molecule has 12 heteroatoms. The summed E-state index contributed by atoms with van der Waals surface area (Å²) < 4.78 is 39.0. The second-order valence-corrected chi connectivity index (χ2v) is 11.2. The number of piperazine rings is 1. The normalized spacial score (nSPS) is 15.6. The SMILES string of the molecule is COc1cc(/C=C/C(=O)N2CCN(CC(O)COc3ccc(C(=O)OCCC(C)C)c4c3OCCO4)CC2)cc(OC)c1OC. The van der Waals surface area contributed by atoms with Gasteiger partial charge in [-0.25, -0.2) is 4.79 Å². The quantitative estimate of drug-likeness (QED) is 0.245. The minimum absolute atomic E-state index is 0.0185. The van der Waals surface area contributed by atoms with Crippen LogP contribution in [-0.4, -0.2) is 113 Å². The molecule has 1 fully saturated rings. The Hall–Kier alpha value is -4.16. The number of hydrogen-bond acceptors (Lipinski definition) is 11. The fraction of sp³-hybridized carbons (Fsp3) is 0.515. The number of aliphatic hydroxyl groups is 1. The molecule has 1 saturated heterocycles. The standard InChI is InChI=1S/C33H44N2O10/c1-22(2)10-15-44-33(38)25-7-8-26(32-30(25)42-16-17-43-32)45-21-24(36)20-34-11-13-35(14-12-34)29(37)9-6-23-18-27(39-3)31(41-5)28(19-23)40-4/h6-9,18-19,22,24,36H,10-17,20-21H2,1-5H3/b9-6+. The van der Waals surface area contributed by atoms with E-state index in [0.29, 0.717) is 93.0 Å². The summed E-state index contributed by atoms with van der Waals surface area (Å²) in [6.45, 7) is 7.75. The summed E-state index contributed by atoms with van der Waals surface area (Å²) in [5.74, 6) is 2.36. The van der Waals surface area contributed by atoms with Gasteiger partial charge < -0.3 is 43.2 Å². The van der Waals surface area contributed by atoms with Gasteiger partial charge in [-0.15, -0.1) is 0 Å². The van der Waals surface area contributed by atoms with Crippen molar-refractivity contribution >= 4 is 18.0 Å². The van der Waals surface area contributed by atoms with Crippen LogP contribution in [0, 0.1) is 5.92 Å². The van der Waals surface area contributed by atoms with Gasteiger partial charge in [-0.2, -0.15) is 0 Å². The predicted molar refractivity (Wildman–Crippen MR) is 167 cm³/mol. The fourth-order valence-electron chi connectivity index (χ4n) is 5.01. The molecule has 2 heterocycles. The maximum atomic E-state index is 12.9. The first-order valence-electron chi connectivity index (χ1n) is 15.1. The molecule has 0 saturated carbocycles. The van der Waals surface area contributed by atoms with E-state index in [1.807, 2.05) is 0 Å². The number of ether oxygens (including phenoxy) is 7. The lowest BCUT2D eigenvalue weighted by molar-refractivity contribution is -0.127. The third kappa shape index (κ3) is 8.95. The van der Waals surface area contributed by atoms with E-state index >= 15 is 0 Å². The molecule has 0 aliphatic carbocycles. The van der Waals surface area contributed by atoms with Crippen molar-refractivity contribution in [3.63, 3.8) is 0 Å². The first-order valence-corrected chi connectivity index (χ1v) is 15.1. The van der Waals surface area contributed by atoms with Gasteiger partial charge >= 0.3 is 5.97 Å². The molecule has 1 amide bonds. The monoisotopic (exact) mass is 628 g/mol. The highest BCUT2D eigenvalue weighted by molar-refractivity contribution is 5.94. The zero-order valence-electron chi connectivity index (χ0n) is 26.7. The average Bonchev–Trinajstić information content (AvgIpc) is 3.05. The predicted octanol–water partition coefficient (Wildman–Crippen LogP) is 3.28. The number of β-amino-alcohol motifs (C(OH)–C–C–N with tert-alkyl or cyclic N) is 1. The zero-order chi connectivity index (χ0) is 32.3. The van der Waals surface area contributed by atoms with E-state index in [1.165, 1.54) is 13.2 Å². The van der Waals surface area contributed by atoms with Gasteiger partial charge in [0.2, 0.25) is 17.4 Å². The molecular weight excluding hydrogens is 584 g/mol. The van der Waals surface area contributed by atoms with Crippen molar-refractivity contribution in [3.8, 4) is 34.5 Å². The molecule has 45 heavy (non-hydrogen) atoms. The molecule has 1 atom stereocenters. The maximum absolute atomic E-state index is 12.9. The summed E-state index contributed by atoms with van der Waals surface area (Å²) in [5.41, 5.74) is 1.03. The van der Waals surface area contributed by atoms with Crippen LogP contribution in [0.4, 0.5) is 0 Å². The minimum Gasteiger partial charge on any atom is -0.493 e. The van der Waals surface area contributed by atoms with Gasteiger partial charge in [0.05, 0.1) is 27.9 Å². The van der Waals surface area contributed by atoms with E-state index in [9.17, 15) is 14.7 Å². The Kier molecular flexibility index (Phi) is 12.2. The first kappa shape index (κ1) is 33.7. The van der Waals surface area contributed by atoms with E-state index in [4.69, 9.17) is 33.2 Å². The maximum Gasteiger partial charge on any atom is 0.342 e. The number of hydrogen-bond donors (Lipinski definition) is 1. The molecule has 0 radical (unpaired) electrons. The van der Waals surface area contributed by atoms with Gasteiger partial charge in [-0.1, -0.05) is 13.8 Å². The van der Waals surface area contributed by atoms with E-state index < -0.39 is 12.1 Å². The summed E-state index contributed by atoms with van der Waals surface area (Å²) in [5, 5.41) is 10.7. The van der Waals surface area contributed by atoms with Gasteiger partial charge in [0.1, 0.15) is 31.5 Å². The Balaban J connectivity index is 1.26. The van der Waals surface area contributed by atoms with Crippen LogP contribution in [-0.2, 0) is 9.53 Å². The van der Waals surface area contributed by atoms with Gasteiger partial charge in [-0.3, -0.25) is 9.69 Å². The number of fused-ring (bicyclic) bond motifs is 1. The zero-order valence-corrected chi connectivity index (χ0v) is 26.7. The highest BCUT2D eigenvalue weighted by atomic mass is 16.6. The van der Waals surface area contributed by atoms with Crippen LogP contribution in [0.15, 0.2) is 30.3 Å². The van der Waals surface area contributed by atoms with Gasteiger partial charge in [0.25, 0.3) is 0 Å². The summed E-state index contributed by atoms with van der Waals surface area (Å²) in [6.07, 6.45) is 3.23. The molecule has 246 valence electrons. The van der Waals surface area contributed by atoms with E-state index in [-0.39, 0.29) is 18.1 Å². The van der Waals surface area contributed by atoms with Crippen molar-refractivity contribution in [2.45, 2.75) is 26.4 Å². The third-order valence-electron chi connectivity index (χ3n) is 7.49. The Morgan fingerprint density at radius 2 is 1.60 bits per heavy atom. The average molecular weight is 629 g/mol. The highest BCUT2D eigenvalue weighted by Gasteiger charge is 2.27. The molecule has 2 aliphatic rings. The number of carbonyl (C=O) groups is 2. The van der Waals surface area contributed by atoms with Crippen LogP contribution in [0.2, 0.25) is 0 Å². The summed E-state index contributed by atoms with van der Waals surface area (Å²) in [7, 11) is 4.62. The summed E-state index contributed by atoms with van der Waals surface area (Å²) in [6, 6.07) is 6.78. The lowest BCUT2D eigenvalue weighted by Crippen LogP contribution is -2.50. The molecule has 1 unspecified atom stereocenters. The lowest BCUT2D eigenvalue weighted by Gasteiger charge is -2.35. The van der Waals surface area contributed by atoms with Crippen molar-refractivity contribution in [1.82, 2.24) is 9.80 Å². The number of aliphatic hydroxyl groups excluding tert-OH is 1.